The number of carboxylic acid groups (broad SMARTS) is 1. The fourth-order valence-electron chi connectivity index (χ4n) is 17.3. The number of aliphatic hydroxyl groups excluding tert-OH is 14. The third-order valence-electron chi connectivity index (χ3n) is 22.7. The minimum Gasteiger partial charge on any atom is -0.479 e. The van der Waals surface area contributed by atoms with Crippen molar-refractivity contribution < 1.29 is 129 Å². The van der Waals surface area contributed by atoms with Gasteiger partial charge in [-0.05, 0) is 105 Å². The van der Waals surface area contributed by atoms with Crippen LogP contribution in [-0.4, -0.2) is 256 Å². The van der Waals surface area contributed by atoms with Crippen LogP contribution in [0.25, 0.3) is 0 Å². The Kier molecular flexibility index (Phi) is 19.1. The molecule has 0 aromatic rings. The van der Waals surface area contributed by atoms with Crippen molar-refractivity contribution in [3.05, 3.63) is 23.3 Å². The largest absolute Gasteiger partial charge is 0.479 e. The highest BCUT2D eigenvalue weighted by Crippen LogP contribution is 2.76. The number of aliphatic hydroxyl groups is 14. The van der Waals surface area contributed by atoms with Crippen molar-refractivity contribution >= 4 is 11.9 Å². The average Bonchev–Trinajstić information content (AvgIpc) is 0.712. The lowest BCUT2D eigenvalue weighted by atomic mass is 9.33. The van der Waals surface area contributed by atoms with Crippen LogP contribution in [0.5, 0.6) is 0 Å². The SMILES string of the molecule is C/C=C(\C)C(=O)O[C@H]1[C@H](O)[C@]2(CO)[C@H](O)C[C@]3(C)C(=CC[C@@H]4[C@@]5(C)CC[C@H](O[C@@H]6O[C@H](C(=O)O)[C@@H](O)[C@H](O[C@@H]7O[C@H](CO)[C@H](O)[C@H](O[C@@H]8O[C@@H](C)[C@H](O)[C@@H](O)[C@H]8O)[C@H]7O)[C@H]6O[C@@H]6O[C@H](CO)[C@@H](O)[C@H](O)[C@H]6O)C(C)(C)[C@@H]5CC[C@]43C)[C@@H]2CC1(C)C. The number of esters is 1. The van der Waals surface area contributed by atoms with E-state index in [0.717, 1.165) is 5.57 Å². The molecule has 4 saturated carbocycles. The minimum absolute atomic E-state index is 0.00194. The second kappa shape index (κ2) is 24.3. The molecule has 8 fully saturated rings. The Labute approximate surface area is 494 Å². The van der Waals surface area contributed by atoms with Crippen LogP contribution in [-0.2, 0) is 52.2 Å². The molecule has 4 heterocycles. The number of hydrogen-bond donors (Lipinski definition) is 15. The highest BCUT2D eigenvalue weighted by atomic mass is 16.8. The zero-order valence-corrected chi connectivity index (χ0v) is 50.0. The summed E-state index contributed by atoms with van der Waals surface area (Å²) in [6.07, 6.45) is -34.7. The maximum Gasteiger partial charge on any atom is 0.335 e. The normalized spacial score (nSPS) is 52.4. The molecule has 0 amide bonds. The molecule has 26 nitrogen and oxygen atoms in total. The van der Waals surface area contributed by atoms with Gasteiger partial charge in [-0.1, -0.05) is 66.2 Å². The monoisotopic (exact) mass is 1220 g/mol. The van der Waals surface area contributed by atoms with Gasteiger partial charge >= 0.3 is 11.9 Å². The van der Waals surface area contributed by atoms with Crippen molar-refractivity contribution in [3.63, 3.8) is 0 Å². The van der Waals surface area contributed by atoms with E-state index in [4.69, 9.17) is 42.6 Å². The smallest absolute Gasteiger partial charge is 0.335 e. The molecule has 4 aliphatic heterocycles. The van der Waals surface area contributed by atoms with E-state index >= 15 is 0 Å². The second-order valence-corrected chi connectivity index (χ2v) is 27.9. The van der Waals surface area contributed by atoms with Crippen LogP contribution in [0.1, 0.15) is 114 Å². The summed E-state index contributed by atoms with van der Waals surface area (Å²) in [4.78, 5) is 26.4. The second-order valence-electron chi connectivity index (χ2n) is 27.9. The maximum absolute atomic E-state index is 13.2. The number of ether oxygens (including phenoxy) is 9. The number of carbonyl (C=O) groups excluding carboxylic acids is 1. The number of allylic oxidation sites excluding steroid dienone is 3. The molecule has 85 heavy (non-hydrogen) atoms. The number of aliphatic carboxylic acids is 1. The third-order valence-corrected chi connectivity index (χ3v) is 22.7. The van der Waals surface area contributed by atoms with Gasteiger partial charge in [-0.3, -0.25) is 0 Å². The maximum atomic E-state index is 13.2. The molecule has 31 atom stereocenters. The fourth-order valence-corrected chi connectivity index (χ4v) is 17.3. The van der Waals surface area contributed by atoms with Gasteiger partial charge in [-0.2, -0.15) is 0 Å². The molecule has 9 rings (SSSR count). The predicted octanol–water partition coefficient (Wildman–Crippen LogP) is -2.01. The molecule has 4 saturated heterocycles. The minimum atomic E-state index is -2.26. The van der Waals surface area contributed by atoms with Crippen LogP contribution in [0.2, 0.25) is 0 Å². The quantitative estimate of drug-likeness (QED) is 0.0387. The van der Waals surface area contributed by atoms with Gasteiger partial charge in [0.25, 0.3) is 0 Å². The lowest BCUT2D eigenvalue weighted by Gasteiger charge is -2.72. The highest BCUT2D eigenvalue weighted by Gasteiger charge is 2.73. The molecule has 0 radical (unpaired) electrons. The van der Waals surface area contributed by atoms with E-state index in [1.54, 1.807) is 19.9 Å². The van der Waals surface area contributed by atoms with Crippen molar-refractivity contribution in [2.45, 2.75) is 261 Å². The zero-order valence-electron chi connectivity index (χ0n) is 50.0. The first-order valence-corrected chi connectivity index (χ1v) is 30.0. The number of carboxylic acids is 1. The molecule has 0 aromatic carbocycles. The van der Waals surface area contributed by atoms with Crippen molar-refractivity contribution in [1.82, 2.24) is 0 Å². The van der Waals surface area contributed by atoms with Gasteiger partial charge in [-0.25, -0.2) is 9.59 Å². The molecule has 0 spiro atoms. The first-order chi connectivity index (χ1) is 39.7. The summed E-state index contributed by atoms with van der Waals surface area (Å²) in [5.41, 5.74) is -3.08. The van der Waals surface area contributed by atoms with E-state index in [-0.39, 0.29) is 18.3 Å². The van der Waals surface area contributed by atoms with Gasteiger partial charge in [0, 0.05) is 11.0 Å². The first-order valence-electron chi connectivity index (χ1n) is 30.0. The fraction of sp³-hybridized carbons (Fsp3) is 0.898. The summed E-state index contributed by atoms with van der Waals surface area (Å²) in [5.74, 6) is -2.89. The number of rotatable bonds is 14. The topological polar surface area (TPSA) is 421 Å². The van der Waals surface area contributed by atoms with E-state index in [2.05, 4.69) is 26.8 Å². The summed E-state index contributed by atoms with van der Waals surface area (Å²) in [6.45, 7) is 17.0. The number of carbonyl (C=O) groups is 2. The highest BCUT2D eigenvalue weighted by molar-refractivity contribution is 5.87. The van der Waals surface area contributed by atoms with Crippen molar-refractivity contribution in [1.29, 1.82) is 0 Å². The van der Waals surface area contributed by atoms with Crippen molar-refractivity contribution in [2.75, 3.05) is 19.8 Å². The average molecular weight is 1220 g/mol. The first kappa shape index (κ1) is 66.9. The van der Waals surface area contributed by atoms with Crippen LogP contribution >= 0.6 is 0 Å². The zero-order chi connectivity index (χ0) is 62.7. The summed E-state index contributed by atoms with van der Waals surface area (Å²) < 4.78 is 54.6. The standard InChI is InChI=1S/C59H94O26/c1-11-23(2)49(76)85-47-46(73)59(22-62)26(18-54(47,4)5)25-12-13-30-56(8)16-15-32(55(6,7)29(56)14-17-57(30,9)58(25,10)19-31(59)63)80-53-45(84-51-39(70)37(68)34(65)27(20-60)78-51)43(40(71)44(83-53)48(74)75)82-52-41(72)42(35(66)28(21-61)79-52)81-50-38(69)36(67)33(64)24(3)77-50/h11-12,24,26-47,50-53,60-73H,13-22H2,1-10H3,(H,74,75)/b23-11+/t24-,26-,27+,28+,29-,30+,31+,32-,33-,34+,35-,36+,37-,38+,39+,40-,41+,42-,43-,44-,45+,46-,47-,50-,51-,52-,53+,56-,57+,58+,59-/m0/s1. The Bertz CT molecular complexity index is 2460. The van der Waals surface area contributed by atoms with Crippen molar-refractivity contribution in [3.8, 4) is 0 Å². The van der Waals surface area contributed by atoms with E-state index in [1.165, 1.54) is 6.92 Å². The van der Waals surface area contributed by atoms with Crippen LogP contribution in [0.4, 0.5) is 0 Å². The van der Waals surface area contributed by atoms with Crippen molar-refractivity contribution in [2.24, 2.45) is 50.2 Å². The Morgan fingerprint density at radius 2 is 1.21 bits per heavy atom. The van der Waals surface area contributed by atoms with Crippen LogP contribution in [0.15, 0.2) is 23.3 Å². The summed E-state index contributed by atoms with van der Waals surface area (Å²) in [7, 11) is 0. The number of fused-ring (bicyclic) bond motifs is 7. The molecule has 486 valence electrons. The molecule has 0 unspecified atom stereocenters. The molecule has 15 N–H and O–H groups in total. The Hall–Kier alpha value is -2.46. The van der Waals surface area contributed by atoms with Gasteiger partial charge < -0.3 is 119 Å². The van der Waals surface area contributed by atoms with Gasteiger partial charge in [0.15, 0.2) is 31.3 Å². The van der Waals surface area contributed by atoms with Gasteiger partial charge in [0.1, 0.15) is 97.7 Å². The Morgan fingerprint density at radius 3 is 1.81 bits per heavy atom. The Morgan fingerprint density at radius 1 is 0.635 bits per heavy atom. The summed E-state index contributed by atoms with van der Waals surface area (Å²) in [6, 6.07) is 0. The lowest BCUT2D eigenvalue weighted by Crippen LogP contribution is -2.72. The Balaban J connectivity index is 1.02. The van der Waals surface area contributed by atoms with Crippen LogP contribution in [0.3, 0.4) is 0 Å². The molecule has 9 aliphatic rings. The lowest BCUT2D eigenvalue weighted by molar-refractivity contribution is -0.402. The molecular formula is C59H94O26. The van der Waals surface area contributed by atoms with Gasteiger partial charge in [0.2, 0.25) is 0 Å². The summed E-state index contributed by atoms with van der Waals surface area (Å²) in [5, 5.41) is 167. The molecule has 0 bridgehead atoms. The van der Waals surface area contributed by atoms with Crippen LogP contribution < -0.4 is 0 Å². The predicted molar refractivity (Wildman–Crippen MR) is 289 cm³/mol. The van der Waals surface area contributed by atoms with E-state index in [1.807, 2.05) is 27.7 Å². The number of hydrogen-bond acceptors (Lipinski definition) is 25. The van der Waals surface area contributed by atoms with E-state index < -0.39 is 217 Å². The van der Waals surface area contributed by atoms with Gasteiger partial charge in [-0.15, -0.1) is 0 Å². The third kappa shape index (κ3) is 10.8. The molecule has 5 aliphatic carbocycles. The molecule has 0 aromatic heterocycles. The van der Waals surface area contributed by atoms with Gasteiger partial charge in [0.05, 0.1) is 43.5 Å². The van der Waals surface area contributed by atoms with E-state index in [0.29, 0.717) is 44.1 Å². The summed E-state index contributed by atoms with van der Waals surface area (Å²) >= 11 is 0. The van der Waals surface area contributed by atoms with E-state index in [9.17, 15) is 86.2 Å². The van der Waals surface area contributed by atoms with Crippen LogP contribution in [0, 0.1) is 50.2 Å². The molecule has 26 heteroatoms. The molecular weight excluding hydrogens is 1120 g/mol.